The Kier molecular flexibility index (Phi) is 8.77. The van der Waals surface area contributed by atoms with Crippen LogP contribution < -0.4 is 14.5 Å². The maximum absolute atomic E-state index is 6.68. The summed E-state index contributed by atoms with van der Waals surface area (Å²) in [7, 11) is 2.09. The summed E-state index contributed by atoms with van der Waals surface area (Å²) in [5, 5.41) is 2.26. The van der Waals surface area contributed by atoms with E-state index >= 15 is 0 Å². The Morgan fingerprint density at radius 1 is 0.653 bits per heavy atom. The largest absolute Gasteiger partial charge is 0.509 e. The average Bonchev–Trinajstić information content (AvgIpc) is 3.53. The van der Waals surface area contributed by atoms with Gasteiger partial charge in [0.2, 0.25) is 0 Å². The van der Waals surface area contributed by atoms with Gasteiger partial charge in [-0.1, -0.05) is 92.1 Å². The quantitative estimate of drug-likeness (QED) is 0.166. The Hall–Kier alpha value is -4.08. The molecule has 0 fully saturated rings. The second-order valence-electron chi connectivity index (χ2n) is 16.1. The van der Waals surface area contributed by atoms with Crippen molar-refractivity contribution in [3.63, 3.8) is 0 Å². The van der Waals surface area contributed by atoms with Gasteiger partial charge in [-0.3, -0.25) is 0 Å². The predicted molar refractivity (Wildman–Crippen MR) is 200 cm³/mol. The number of aromatic nitrogens is 2. The number of hydrogen-bond donors (Lipinski definition) is 0. The Labute approximate surface area is 306 Å². The Bertz CT molecular complexity index is 2180. The van der Waals surface area contributed by atoms with Gasteiger partial charge in [-0.2, -0.15) is 12.7 Å². The van der Waals surface area contributed by atoms with Crippen LogP contribution in [0.3, 0.4) is 0 Å². The minimum Gasteiger partial charge on any atom is -0.509 e. The van der Waals surface area contributed by atoms with Crippen LogP contribution in [0, 0.1) is 18.8 Å². The second kappa shape index (κ2) is 12.4. The summed E-state index contributed by atoms with van der Waals surface area (Å²) in [5.74, 6) is 2.15. The van der Waals surface area contributed by atoms with Crippen molar-refractivity contribution in [2.75, 3.05) is 16.8 Å². The molecule has 49 heavy (non-hydrogen) atoms. The van der Waals surface area contributed by atoms with E-state index in [2.05, 4.69) is 175 Å². The molecule has 4 aromatic carbocycles. The molecular formula is C43H45N4OPt-3. The van der Waals surface area contributed by atoms with Gasteiger partial charge in [-0.15, -0.1) is 47.0 Å². The van der Waals surface area contributed by atoms with Crippen LogP contribution in [0.15, 0.2) is 85.1 Å². The molecule has 3 heterocycles. The van der Waals surface area contributed by atoms with E-state index in [0.717, 1.165) is 44.7 Å². The van der Waals surface area contributed by atoms with Crippen LogP contribution in [0.1, 0.15) is 79.0 Å². The van der Waals surface area contributed by atoms with Crippen molar-refractivity contribution in [3.05, 3.63) is 121 Å². The minimum atomic E-state index is -0.104. The first-order valence-corrected chi connectivity index (χ1v) is 16.8. The van der Waals surface area contributed by atoms with Crippen LogP contribution in [0.2, 0.25) is 0 Å². The van der Waals surface area contributed by atoms with Crippen LogP contribution >= 0.6 is 0 Å². The van der Waals surface area contributed by atoms with Gasteiger partial charge in [0.15, 0.2) is 0 Å². The molecule has 0 unspecified atom stereocenters. The van der Waals surface area contributed by atoms with Crippen molar-refractivity contribution in [3.8, 4) is 17.3 Å². The molecule has 7 rings (SSSR count). The monoisotopic (exact) mass is 828 g/mol. The summed E-state index contributed by atoms with van der Waals surface area (Å²) >= 11 is 0. The Balaban J connectivity index is 0.00000417. The number of benzene rings is 4. The Morgan fingerprint density at radius 3 is 2.06 bits per heavy atom. The van der Waals surface area contributed by atoms with E-state index < -0.39 is 0 Å². The molecule has 6 heteroatoms. The molecule has 0 aliphatic carbocycles. The van der Waals surface area contributed by atoms with E-state index in [-0.39, 0.29) is 37.3 Å². The summed E-state index contributed by atoms with van der Waals surface area (Å²) in [6, 6.07) is 35.2. The molecule has 0 bridgehead atoms. The molecule has 2 aromatic heterocycles. The number of nitrogens with zero attached hydrogens (tertiary/aromatic N) is 4. The number of para-hydroxylation sites is 1. The first kappa shape index (κ1) is 34.8. The molecule has 0 amide bonds. The van der Waals surface area contributed by atoms with Crippen molar-refractivity contribution in [2.24, 2.45) is 0 Å². The first-order chi connectivity index (χ1) is 22.6. The minimum absolute atomic E-state index is 0. The van der Waals surface area contributed by atoms with E-state index in [1.807, 2.05) is 12.3 Å². The molecule has 0 atom stereocenters. The normalized spacial score (nSPS) is 13.6. The van der Waals surface area contributed by atoms with Crippen molar-refractivity contribution in [1.82, 2.24) is 9.55 Å². The van der Waals surface area contributed by atoms with Gasteiger partial charge < -0.3 is 19.1 Å². The van der Waals surface area contributed by atoms with Gasteiger partial charge in [-0.25, -0.2) is 4.98 Å². The number of hydrogen-bond acceptors (Lipinski definition) is 4. The van der Waals surface area contributed by atoms with Gasteiger partial charge in [0.05, 0.1) is 0 Å². The number of ether oxygens (including phenoxy) is 1. The number of fused-ring (bicyclic) bond motifs is 4. The van der Waals surface area contributed by atoms with Crippen molar-refractivity contribution in [1.29, 1.82) is 0 Å². The van der Waals surface area contributed by atoms with Crippen LogP contribution in [0.5, 0.6) is 11.5 Å². The average molecular weight is 829 g/mol. The standard InChI is InChI=1S/C43H45N4O.Pt/c1-41(2,3)28-15-18-37-39(23-28)46(27-45(37)10)31-21-30(43(7,8)9)22-33(25-31)48-32-16-17-35-34-13-11-12-14-36(34)47(38(35)26-32)40-24-29(19-20-44-40)42(4,5)6;/h11-24,27H,1-10H3;/q-3;. The summed E-state index contributed by atoms with van der Waals surface area (Å²) in [6.45, 7) is 22.3. The second-order valence-corrected chi connectivity index (χ2v) is 16.1. The zero-order valence-corrected chi connectivity index (χ0v) is 32.4. The smallest absolute Gasteiger partial charge is 0.135 e. The topological polar surface area (TPSA) is 33.5 Å². The van der Waals surface area contributed by atoms with Crippen LogP contribution in [-0.2, 0) is 37.3 Å². The van der Waals surface area contributed by atoms with Crippen LogP contribution in [-0.4, -0.2) is 16.6 Å². The zero-order valence-electron chi connectivity index (χ0n) is 30.2. The maximum Gasteiger partial charge on any atom is 0.135 e. The van der Waals surface area contributed by atoms with E-state index in [4.69, 9.17) is 9.72 Å². The van der Waals surface area contributed by atoms with Gasteiger partial charge in [0.25, 0.3) is 0 Å². The molecule has 1 aliphatic rings. The van der Waals surface area contributed by atoms with E-state index in [0.29, 0.717) is 11.5 Å². The summed E-state index contributed by atoms with van der Waals surface area (Å²) in [5.41, 5.74) is 8.87. The van der Waals surface area contributed by atoms with Crippen LogP contribution in [0.25, 0.3) is 27.6 Å². The third-order valence-electron chi connectivity index (χ3n) is 9.34. The van der Waals surface area contributed by atoms with Gasteiger partial charge in [0, 0.05) is 55.7 Å². The van der Waals surface area contributed by atoms with Gasteiger partial charge in [-0.05, 0) is 70.1 Å². The summed E-state index contributed by atoms with van der Waals surface area (Å²) in [6.07, 6.45) is 1.90. The molecule has 6 aromatic rings. The molecule has 0 spiro atoms. The number of rotatable bonds is 4. The molecule has 1 aliphatic heterocycles. The molecule has 5 nitrogen and oxygen atoms in total. The van der Waals surface area contributed by atoms with Crippen molar-refractivity contribution in [2.45, 2.75) is 78.6 Å². The van der Waals surface area contributed by atoms with E-state index in [9.17, 15) is 0 Å². The summed E-state index contributed by atoms with van der Waals surface area (Å²) < 4.78 is 8.88. The fourth-order valence-corrected chi connectivity index (χ4v) is 6.41. The third-order valence-corrected chi connectivity index (χ3v) is 9.34. The summed E-state index contributed by atoms with van der Waals surface area (Å²) in [4.78, 5) is 9.23. The number of anilines is 3. The Morgan fingerprint density at radius 2 is 1.35 bits per heavy atom. The predicted octanol–water partition coefficient (Wildman–Crippen LogP) is 11.2. The SMILES string of the molecule is CN1[CH-]N(c2[c-]c(Oc3[c-]c4c(cc3)c3ccccc3n4-c3cc(C(C)(C)C)ccn3)cc(C(C)(C)C)c2)c2cc(C(C)(C)C)ccc21.[Pt]. The fourth-order valence-electron chi connectivity index (χ4n) is 6.41. The zero-order chi connectivity index (χ0) is 34.2. The molecular weight excluding hydrogens is 784 g/mol. The molecule has 0 saturated heterocycles. The van der Waals surface area contributed by atoms with Gasteiger partial charge >= 0.3 is 0 Å². The van der Waals surface area contributed by atoms with E-state index in [1.54, 1.807) is 0 Å². The molecule has 0 radical (unpaired) electrons. The van der Waals surface area contributed by atoms with Crippen molar-refractivity contribution < 1.29 is 25.8 Å². The van der Waals surface area contributed by atoms with Crippen LogP contribution in [0.4, 0.5) is 17.1 Å². The molecule has 0 saturated carbocycles. The molecule has 0 N–H and O–H groups in total. The van der Waals surface area contributed by atoms with Crippen molar-refractivity contribution >= 4 is 38.9 Å². The first-order valence-electron chi connectivity index (χ1n) is 16.8. The maximum atomic E-state index is 6.68. The third kappa shape index (κ3) is 6.51. The molecule has 256 valence electrons. The van der Waals surface area contributed by atoms with E-state index in [1.165, 1.54) is 16.7 Å². The number of pyridine rings is 1. The fraction of sp³-hybridized carbons (Fsp3) is 0.302. The van der Waals surface area contributed by atoms with Gasteiger partial charge in [0.1, 0.15) is 5.82 Å².